The van der Waals surface area contributed by atoms with Crippen molar-refractivity contribution in [2.45, 2.75) is 33.3 Å². The Hall–Kier alpha value is -1.76. The average molecular weight is 413 g/mol. The quantitative estimate of drug-likeness (QED) is 0.708. The van der Waals surface area contributed by atoms with Gasteiger partial charge in [0.2, 0.25) is 0 Å². The Morgan fingerprint density at radius 2 is 1.80 bits per heavy atom. The SMILES string of the molecule is CCOC(=O)c1ccc(N2CCN(C(=O)OC(C)(C)C)CC2)c(Br)c1. The first-order valence-electron chi connectivity index (χ1n) is 8.41. The van der Waals surface area contributed by atoms with Crippen molar-refractivity contribution in [3.63, 3.8) is 0 Å². The molecule has 0 unspecified atom stereocenters. The Bertz CT molecular complexity index is 634. The fraction of sp³-hybridized carbons (Fsp3) is 0.556. The lowest BCUT2D eigenvalue weighted by Crippen LogP contribution is -2.50. The number of esters is 1. The minimum Gasteiger partial charge on any atom is -0.462 e. The molecule has 0 atom stereocenters. The Morgan fingerprint density at radius 1 is 1.16 bits per heavy atom. The Labute approximate surface area is 157 Å². The van der Waals surface area contributed by atoms with Crippen LogP contribution in [0.1, 0.15) is 38.1 Å². The molecule has 1 aliphatic rings. The zero-order valence-electron chi connectivity index (χ0n) is 15.2. The van der Waals surface area contributed by atoms with Gasteiger partial charge >= 0.3 is 12.1 Å². The fourth-order valence-corrected chi connectivity index (χ4v) is 3.19. The zero-order chi connectivity index (χ0) is 18.6. The maximum absolute atomic E-state index is 12.1. The molecule has 0 radical (unpaired) electrons. The highest BCUT2D eigenvalue weighted by Crippen LogP contribution is 2.28. The number of halogens is 1. The van der Waals surface area contributed by atoms with Crippen LogP contribution in [0.2, 0.25) is 0 Å². The number of amides is 1. The van der Waals surface area contributed by atoms with Gasteiger partial charge in [-0.1, -0.05) is 0 Å². The third kappa shape index (κ3) is 5.36. The summed E-state index contributed by atoms with van der Waals surface area (Å²) < 4.78 is 11.3. The number of carbonyl (C=O) groups is 2. The number of rotatable bonds is 3. The molecular weight excluding hydrogens is 388 g/mol. The van der Waals surface area contributed by atoms with Crippen molar-refractivity contribution in [3.05, 3.63) is 28.2 Å². The van der Waals surface area contributed by atoms with Gasteiger partial charge in [-0.05, 0) is 61.8 Å². The lowest BCUT2D eigenvalue weighted by Gasteiger charge is -2.37. The molecule has 1 aromatic carbocycles. The predicted octanol–water partition coefficient (Wildman–Crippen LogP) is 3.68. The van der Waals surface area contributed by atoms with Crippen molar-refractivity contribution in [3.8, 4) is 0 Å². The van der Waals surface area contributed by atoms with E-state index in [9.17, 15) is 9.59 Å². The van der Waals surface area contributed by atoms with Crippen LogP contribution in [0.15, 0.2) is 22.7 Å². The van der Waals surface area contributed by atoms with Crippen molar-refractivity contribution in [1.82, 2.24) is 4.90 Å². The highest BCUT2D eigenvalue weighted by Gasteiger charge is 2.26. The summed E-state index contributed by atoms with van der Waals surface area (Å²) in [6, 6.07) is 5.44. The number of piperazine rings is 1. The van der Waals surface area contributed by atoms with E-state index in [1.807, 2.05) is 26.8 Å². The van der Waals surface area contributed by atoms with Crippen LogP contribution in [0, 0.1) is 0 Å². The monoisotopic (exact) mass is 412 g/mol. The van der Waals surface area contributed by atoms with E-state index in [0.29, 0.717) is 38.3 Å². The second-order valence-corrected chi connectivity index (χ2v) is 7.70. The molecule has 1 aliphatic heterocycles. The minimum atomic E-state index is -0.486. The van der Waals surface area contributed by atoms with Crippen molar-refractivity contribution in [2.24, 2.45) is 0 Å². The van der Waals surface area contributed by atoms with Crippen LogP contribution < -0.4 is 4.90 Å². The molecule has 0 aliphatic carbocycles. The smallest absolute Gasteiger partial charge is 0.410 e. The maximum Gasteiger partial charge on any atom is 0.410 e. The number of ether oxygens (including phenoxy) is 2. The van der Waals surface area contributed by atoms with Gasteiger partial charge in [-0.15, -0.1) is 0 Å². The van der Waals surface area contributed by atoms with Gasteiger partial charge in [0.1, 0.15) is 5.60 Å². The van der Waals surface area contributed by atoms with Crippen LogP contribution >= 0.6 is 15.9 Å². The van der Waals surface area contributed by atoms with E-state index in [2.05, 4.69) is 20.8 Å². The molecule has 6 nitrogen and oxygen atoms in total. The van der Waals surface area contributed by atoms with Crippen molar-refractivity contribution < 1.29 is 19.1 Å². The summed E-state index contributed by atoms with van der Waals surface area (Å²) >= 11 is 3.53. The third-order valence-corrected chi connectivity index (χ3v) is 4.37. The number of carbonyl (C=O) groups excluding carboxylic acids is 2. The molecule has 0 N–H and O–H groups in total. The van der Waals surface area contributed by atoms with E-state index in [1.165, 1.54) is 0 Å². The van der Waals surface area contributed by atoms with Gasteiger partial charge in [-0.25, -0.2) is 9.59 Å². The van der Waals surface area contributed by atoms with Gasteiger partial charge in [-0.2, -0.15) is 0 Å². The van der Waals surface area contributed by atoms with Gasteiger partial charge in [0.15, 0.2) is 0 Å². The first kappa shape index (κ1) is 19.6. The van der Waals surface area contributed by atoms with E-state index >= 15 is 0 Å². The Kier molecular flexibility index (Phi) is 6.32. The summed E-state index contributed by atoms with van der Waals surface area (Å²) in [5.41, 5.74) is 1.03. The Morgan fingerprint density at radius 3 is 2.32 bits per heavy atom. The minimum absolute atomic E-state index is 0.274. The fourth-order valence-electron chi connectivity index (χ4n) is 2.56. The molecule has 0 spiro atoms. The van der Waals surface area contributed by atoms with Gasteiger partial charge in [0, 0.05) is 30.7 Å². The molecule has 1 heterocycles. The van der Waals surface area contributed by atoms with Gasteiger partial charge in [-0.3, -0.25) is 0 Å². The predicted molar refractivity (Wildman–Crippen MR) is 100 cm³/mol. The van der Waals surface area contributed by atoms with Crippen LogP contribution in [-0.2, 0) is 9.47 Å². The molecule has 25 heavy (non-hydrogen) atoms. The first-order valence-corrected chi connectivity index (χ1v) is 9.20. The van der Waals surface area contributed by atoms with Crippen LogP contribution in [0.5, 0.6) is 0 Å². The molecular formula is C18H25BrN2O4. The molecule has 0 aromatic heterocycles. The van der Waals surface area contributed by atoms with E-state index in [1.54, 1.807) is 24.0 Å². The topological polar surface area (TPSA) is 59.1 Å². The normalized spacial score (nSPS) is 15.1. The summed E-state index contributed by atoms with van der Waals surface area (Å²) in [5, 5.41) is 0. The summed E-state index contributed by atoms with van der Waals surface area (Å²) in [7, 11) is 0. The third-order valence-electron chi connectivity index (χ3n) is 3.73. The molecule has 2 rings (SSSR count). The molecule has 1 aromatic rings. The average Bonchev–Trinajstić information content (AvgIpc) is 2.53. The van der Waals surface area contributed by atoms with E-state index in [0.717, 1.165) is 10.2 Å². The van der Waals surface area contributed by atoms with Crippen LogP contribution in [-0.4, -0.2) is 55.3 Å². The lowest BCUT2D eigenvalue weighted by atomic mass is 10.2. The Balaban J connectivity index is 1.99. The maximum atomic E-state index is 12.1. The second-order valence-electron chi connectivity index (χ2n) is 6.84. The summed E-state index contributed by atoms with van der Waals surface area (Å²) in [4.78, 5) is 27.8. The highest BCUT2D eigenvalue weighted by molar-refractivity contribution is 9.10. The zero-order valence-corrected chi connectivity index (χ0v) is 16.8. The van der Waals surface area contributed by atoms with Crippen molar-refractivity contribution in [2.75, 3.05) is 37.7 Å². The molecule has 138 valence electrons. The van der Waals surface area contributed by atoms with Crippen LogP contribution in [0.25, 0.3) is 0 Å². The van der Waals surface area contributed by atoms with Gasteiger partial charge in [0.05, 0.1) is 17.9 Å². The summed E-state index contributed by atoms with van der Waals surface area (Å²) in [6.07, 6.45) is -0.274. The second kappa shape index (κ2) is 8.08. The van der Waals surface area contributed by atoms with Gasteiger partial charge in [0.25, 0.3) is 0 Å². The molecule has 7 heteroatoms. The van der Waals surface area contributed by atoms with Crippen LogP contribution in [0.4, 0.5) is 10.5 Å². The number of hydrogen-bond donors (Lipinski definition) is 0. The number of anilines is 1. The summed E-state index contributed by atoms with van der Waals surface area (Å²) in [6.45, 7) is 10.3. The molecule has 0 saturated carbocycles. The standard InChI is InChI=1S/C18H25BrN2O4/c1-5-24-16(22)13-6-7-15(14(19)12-13)20-8-10-21(11-9-20)17(23)25-18(2,3)4/h6-7,12H,5,8-11H2,1-4H3. The lowest BCUT2D eigenvalue weighted by molar-refractivity contribution is 0.0240. The molecule has 0 bridgehead atoms. The first-order chi connectivity index (χ1) is 11.7. The van der Waals surface area contributed by atoms with Crippen molar-refractivity contribution >= 4 is 33.7 Å². The number of nitrogens with zero attached hydrogens (tertiary/aromatic N) is 2. The largest absolute Gasteiger partial charge is 0.462 e. The van der Waals surface area contributed by atoms with E-state index in [4.69, 9.17) is 9.47 Å². The highest BCUT2D eigenvalue weighted by atomic mass is 79.9. The van der Waals surface area contributed by atoms with Gasteiger partial charge < -0.3 is 19.3 Å². The molecule has 1 amide bonds. The number of benzene rings is 1. The van der Waals surface area contributed by atoms with Crippen molar-refractivity contribution in [1.29, 1.82) is 0 Å². The van der Waals surface area contributed by atoms with E-state index < -0.39 is 5.60 Å². The van der Waals surface area contributed by atoms with E-state index in [-0.39, 0.29) is 12.1 Å². The number of hydrogen-bond acceptors (Lipinski definition) is 5. The van der Waals surface area contributed by atoms with Crippen LogP contribution in [0.3, 0.4) is 0 Å². The molecule has 1 fully saturated rings. The summed E-state index contributed by atoms with van der Waals surface area (Å²) in [5.74, 6) is -0.329. The molecule has 1 saturated heterocycles.